The Morgan fingerprint density at radius 3 is 1.92 bits per heavy atom. The van der Waals surface area contributed by atoms with Crippen LogP contribution in [0.15, 0.2) is 128 Å². The smallest absolute Gasteiger partial charge is 0.298 e. The number of nitrogens with one attached hydrogen (secondary N) is 1. The van der Waals surface area contributed by atoms with E-state index in [0.717, 1.165) is 47.9 Å². The van der Waals surface area contributed by atoms with Crippen molar-refractivity contribution >= 4 is 128 Å². The van der Waals surface area contributed by atoms with E-state index in [-0.39, 0.29) is 67.5 Å². The number of aryl methyl sites for hydroxylation is 1. The summed E-state index contributed by atoms with van der Waals surface area (Å²) in [4.78, 5) is 13.8. The second-order valence-electron chi connectivity index (χ2n) is 14.9. The molecule has 8 N–H and O–H groups in total. The van der Waals surface area contributed by atoms with Crippen molar-refractivity contribution < 1.29 is 83.5 Å². The van der Waals surface area contributed by atoms with E-state index in [1.807, 2.05) is 0 Å². The number of phenolic OH excluding ortho intramolecular Hbond substituents is 1. The van der Waals surface area contributed by atoms with Crippen molar-refractivity contribution in [2.75, 3.05) is 12.4 Å². The van der Waals surface area contributed by atoms with Gasteiger partial charge in [-0.15, -0.1) is 30.7 Å². The van der Waals surface area contributed by atoms with Crippen LogP contribution in [0, 0.1) is 6.92 Å². The molecule has 0 spiro atoms. The molecule has 386 valence electrons. The zero-order valence-corrected chi connectivity index (χ0v) is 41.8. The lowest BCUT2D eigenvalue weighted by Crippen LogP contribution is -2.16. The Morgan fingerprint density at radius 1 is 0.699 bits per heavy atom. The summed E-state index contributed by atoms with van der Waals surface area (Å²) in [5.74, 6) is -1.94. The number of nitrogens with zero attached hydrogens (tertiary/aromatic N) is 8. The maximum absolute atomic E-state index is 13.2. The van der Waals surface area contributed by atoms with Crippen LogP contribution < -0.4 is 10.3 Å². The highest BCUT2D eigenvalue weighted by molar-refractivity contribution is 7.87. The van der Waals surface area contributed by atoms with Gasteiger partial charge in [0, 0.05) is 16.8 Å². The quantitative estimate of drug-likeness (QED) is 0.0195. The molecule has 7 rings (SSSR count). The van der Waals surface area contributed by atoms with Gasteiger partial charge in [-0.3, -0.25) is 32.7 Å². The van der Waals surface area contributed by atoms with E-state index < -0.39 is 121 Å². The molecule has 0 amide bonds. The minimum atomic E-state index is -5.23. The molecular formula is C37H31N9O20S7. The Hall–Kier alpha value is -6.68. The molecule has 0 aliphatic carbocycles. The van der Waals surface area contributed by atoms with Crippen LogP contribution in [0.5, 0.6) is 11.5 Å². The minimum absolute atomic E-state index is 0.0578. The molecular weight excluding hydrogens is 1110 g/mol. The normalized spacial score (nSPS) is 13.6. The third-order valence-corrected chi connectivity index (χ3v) is 15.5. The van der Waals surface area contributed by atoms with Crippen LogP contribution >= 0.6 is 11.3 Å². The van der Waals surface area contributed by atoms with Crippen molar-refractivity contribution in [3.8, 4) is 17.2 Å². The van der Waals surface area contributed by atoms with Crippen LogP contribution in [0.3, 0.4) is 0 Å². The van der Waals surface area contributed by atoms with Gasteiger partial charge in [-0.05, 0) is 79.1 Å². The largest absolute Gasteiger partial charge is 0.505 e. The molecule has 7 aromatic rings. The highest BCUT2D eigenvalue weighted by Gasteiger charge is 2.25. The minimum Gasteiger partial charge on any atom is -0.505 e. The summed E-state index contributed by atoms with van der Waals surface area (Å²) in [5.41, 5.74) is -2.86. The lowest BCUT2D eigenvalue weighted by atomic mass is 10.1. The first kappa shape index (κ1) is 54.1. The fraction of sp³-hybridized carbons (Fsp3) is 0.135. The first-order valence-corrected chi connectivity index (χ1v) is 29.0. The van der Waals surface area contributed by atoms with Gasteiger partial charge in [0.15, 0.2) is 22.5 Å². The van der Waals surface area contributed by atoms with Crippen molar-refractivity contribution in [1.82, 2.24) is 14.8 Å². The highest BCUT2D eigenvalue weighted by Crippen LogP contribution is 2.43. The van der Waals surface area contributed by atoms with Gasteiger partial charge in [-0.2, -0.15) is 42.1 Å². The molecule has 73 heavy (non-hydrogen) atoms. The Bertz CT molecular complexity index is 4140. The summed E-state index contributed by atoms with van der Waals surface area (Å²) in [6.07, 6.45) is 0.667. The van der Waals surface area contributed by atoms with Crippen LogP contribution in [-0.2, 0) is 67.4 Å². The van der Waals surface area contributed by atoms with Crippen molar-refractivity contribution in [1.29, 1.82) is 0 Å². The molecule has 1 unspecified atom stereocenters. The zero-order chi connectivity index (χ0) is 53.6. The topological polar surface area (TPSA) is 463 Å². The molecule has 0 aliphatic heterocycles. The maximum atomic E-state index is 13.2. The number of H-pyrrole nitrogens is 1. The number of aromatic amines is 1. The number of fused-ring (bicyclic) bond motifs is 2. The molecule has 0 aliphatic rings. The fourth-order valence-electron chi connectivity index (χ4n) is 6.58. The van der Waals surface area contributed by atoms with E-state index in [1.54, 1.807) is 6.92 Å². The average Bonchev–Trinajstić information content (AvgIpc) is 3.86. The van der Waals surface area contributed by atoms with E-state index in [1.165, 1.54) is 18.2 Å². The summed E-state index contributed by atoms with van der Waals surface area (Å²) < 4.78 is 195. The molecule has 1 atom stereocenters. The van der Waals surface area contributed by atoms with Gasteiger partial charge in [0.2, 0.25) is 5.13 Å². The van der Waals surface area contributed by atoms with Gasteiger partial charge in [-0.25, -0.2) is 13.9 Å². The van der Waals surface area contributed by atoms with E-state index in [0.29, 0.717) is 28.4 Å². The SMILES string of the molecule is Cc1cc(N=Nc2ccc3c(S(=O)(=O)O)c(N=Nc4c[nH]n(-c5cc(S(=O)(=O)O)cc(S(=O)(=O)O)c5)c4=O)ccc3c2O)c(OCCCS(=O)(=O)O)cc1N=Nc1nc2c(S(=O)(=O)O)cc(CS(=O)O)cc2s1. The predicted octanol–water partition coefficient (Wildman–Crippen LogP) is 6.55. The van der Waals surface area contributed by atoms with E-state index in [2.05, 4.69) is 40.8 Å². The van der Waals surface area contributed by atoms with Crippen LogP contribution in [0.1, 0.15) is 17.5 Å². The summed E-state index contributed by atoms with van der Waals surface area (Å²) >= 11 is -1.53. The summed E-state index contributed by atoms with van der Waals surface area (Å²) in [5, 5.41) is 36.9. The Balaban J connectivity index is 1.22. The summed E-state index contributed by atoms with van der Waals surface area (Å²) in [6, 6.07) is 11.1. The van der Waals surface area contributed by atoms with Crippen LogP contribution in [0.4, 0.5) is 33.6 Å². The van der Waals surface area contributed by atoms with E-state index >= 15 is 0 Å². The van der Waals surface area contributed by atoms with E-state index in [4.69, 9.17) is 4.74 Å². The third-order valence-electron chi connectivity index (χ3n) is 9.74. The number of thiazole rings is 1. The molecule has 36 heteroatoms. The van der Waals surface area contributed by atoms with Crippen LogP contribution in [0.2, 0.25) is 0 Å². The number of aromatic hydroxyl groups is 1. The number of hydrogen-bond donors (Lipinski definition) is 8. The van der Waals surface area contributed by atoms with Crippen molar-refractivity contribution in [3.05, 3.63) is 94.4 Å². The van der Waals surface area contributed by atoms with Gasteiger partial charge in [-0.1, -0.05) is 17.4 Å². The standard InChI is InChI=1S/C37H31N9O20S7/c1-18-9-28(30(66-7-2-8-69(51,52)53)15-27(18)42-45-37-39-33-31(67-37)10-19(17-68(49)50)11-32(33)72(60,61)62)43-40-25-5-4-24-23(34(25)47)3-6-26(35(24)73(63,64)65)41-44-29-16-38-46(36(29)48)20-12-21(70(54,55)56)14-22(13-20)71(57,58)59/h3-6,9-16,38,47H,2,7-8,17H2,1H3,(H,49,50)(H,51,52,53)(H,54,55,56)(H,57,58,59)(H,60,61,62)(H,63,64,65). The van der Waals surface area contributed by atoms with Crippen molar-refractivity contribution in [3.63, 3.8) is 0 Å². The highest BCUT2D eigenvalue weighted by atomic mass is 32.2. The van der Waals surface area contributed by atoms with Crippen molar-refractivity contribution in [2.24, 2.45) is 30.7 Å². The zero-order valence-electron chi connectivity index (χ0n) is 36.1. The third kappa shape index (κ3) is 12.8. The number of aromatic nitrogens is 3. The average molecular weight is 1150 g/mol. The lowest BCUT2D eigenvalue weighted by Gasteiger charge is -2.11. The van der Waals surface area contributed by atoms with Crippen LogP contribution in [-0.4, -0.2) is 106 Å². The Kier molecular flexibility index (Phi) is 15.1. The van der Waals surface area contributed by atoms with Gasteiger partial charge in [0.25, 0.3) is 56.1 Å². The Labute approximate surface area is 416 Å². The molecule has 29 nitrogen and oxygen atoms in total. The summed E-state index contributed by atoms with van der Waals surface area (Å²) in [6.45, 7) is 1.23. The molecule has 0 saturated heterocycles. The second-order valence-corrected chi connectivity index (χ2v) is 24.0. The summed E-state index contributed by atoms with van der Waals surface area (Å²) in [7, 11) is -24.6. The first-order chi connectivity index (χ1) is 33.9. The van der Waals surface area contributed by atoms with E-state index in [9.17, 15) is 83.5 Å². The first-order valence-electron chi connectivity index (χ1n) is 19.5. The molecule has 0 fully saturated rings. The molecule has 5 aromatic carbocycles. The monoisotopic (exact) mass is 1140 g/mol. The second kappa shape index (κ2) is 20.3. The Morgan fingerprint density at radius 2 is 1.30 bits per heavy atom. The molecule has 0 radical (unpaired) electrons. The molecule has 0 bridgehead atoms. The van der Waals surface area contributed by atoms with Gasteiger partial charge in [0.1, 0.15) is 38.1 Å². The number of benzene rings is 5. The predicted molar refractivity (Wildman–Crippen MR) is 256 cm³/mol. The fourth-order valence-corrected chi connectivity index (χ4v) is 11.2. The number of ether oxygens (including phenoxy) is 1. The van der Waals surface area contributed by atoms with Gasteiger partial charge < -0.3 is 14.4 Å². The molecule has 2 heterocycles. The molecule has 0 saturated carbocycles. The van der Waals surface area contributed by atoms with Gasteiger partial charge in [0.05, 0.1) is 50.2 Å². The number of azo groups is 3. The lowest BCUT2D eigenvalue weighted by molar-refractivity contribution is 0.317. The maximum Gasteiger partial charge on any atom is 0.298 e. The number of rotatable bonds is 18. The van der Waals surface area contributed by atoms with Crippen molar-refractivity contribution in [2.45, 2.75) is 38.7 Å². The number of phenols is 1. The van der Waals surface area contributed by atoms with Crippen LogP contribution in [0.25, 0.3) is 26.7 Å². The van der Waals surface area contributed by atoms with Gasteiger partial charge >= 0.3 is 0 Å². The number of hydrogen-bond acceptors (Lipinski definition) is 22. The molecule has 2 aromatic heterocycles.